The van der Waals surface area contributed by atoms with Gasteiger partial charge >= 0.3 is 5.97 Å². The Labute approximate surface area is 235 Å². The molecule has 0 heterocycles. The number of benzene rings is 3. The predicted octanol–water partition coefficient (Wildman–Crippen LogP) is 7.97. The van der Waals surface area contributed by atoms with Crippen LogP contribution in [0.1, 0.15) is 57.2 Å². The van der Waals surface area contributed by atoms with Crippen molar-refractivity contribution in [3.63, 3.8) is 0 Å². The second-order valence-corrected chi connectivity index (χ2v) is 16.9. The van der Waals surface area contributed by atoms with Crippen LogP contribution in [0, 0.1) is 11.8 Å². The van der Waals surface area contributed by atoms with Crippen molar-refractivity contribution in [2.24, 2.45) is 11.8 Å². The molecule has 1 aliphatic rings. The summed E-state index contributed by atoms with van der Waals surface area (Å²) in [6.45, 7) is 14.0. The number of esters is 1. The molecule has 4 rings (SSSR count). The normalized spacial score (nSPS) is 20.1. The lowest BCUT2D eigenvalue weighted by Gasteiger charge is -2.38. The van der Waals surface area contributed by atoms with Gasteiger partial charge in [-0.3, -0.25) is 4.79 Å². The van der Waals surface area contributed by atoms with Crippen molar-refractivity contribution >= 4 is 14.3 Å². The van der Waals surface area contributed by atoms with Crippen LogP contribution in [0.3, 0.4) is 0 Å². The molecule has 0 bridgehead atoms. The van der Waals surface area contributed by atoms with Gasteiger partial charge in [-0.2, -0.15) is 0 Å². The first kappa shape index (κ1) is 29.3. The fourth-order valence-corrected chi connectivity index (χ4v) is 6.87. The molecule has 3 atom stereocenters. The molecule has 3 aromatic carbocycles. The van der Waals surface area contributed by atoms with Crippen molar-refractivity contribution in [3.8, 4) is 0 Å². The molecule has 1 aliphatic carbocycles. The van der Waals surface area contributed by atoms with Gasteiger partial charge in [0.15, 0.2) is 8.32 Å². The molecule has 4 nitrogen and oxygen atoms in total. The minimum absolute atomic E-state index is 0.00525. The van der Waals surface area contributed by atoms with Gasteiger partial charge in [0.1, 0.15) is 5.60 Å². The molecule has 0 saturated heterocycles. The second kappa shape index (κ2) is 12.2. The van der Waals surface area contributed by atoms with Crippen molar-refractivity contribution < 1.29 is 18.7 Å². The number of carbonyl (C=O) groups is 1. The summed E-state index contributed by atoms with van der Waals surface area (Å²) in [5.74, 6) is -0.397. The van der Waals surface area contributed by atoms with E-state index in [4.69, 9.17) is 13.9 Å². The van der Waals surface area contributed by atoms with Gasteiger partial charge in [0.05, 0.1) is 19.1 Å². The summed E-state index contributed by atoms with van der Waals surface area (Å²) in [5.41, 5.74) is 2.35. The van der Waals surface area contributed by atoms with Gasteiger partial charge < -0.3 is 13.9 Å². The summed E-state index contributed by atoms with van der Waals surface area (Å²) in [6.07, 6.45) is 1.48. The van der Waals surface area contributed by atoms with Gasteiger partial charge in [-0.15, -0.1) is 0 Å². The topological polar surface area (TPSA) is 44.8 Å². The van der Waals surface area contributed by atoms with Crippen molar-refractivity contribution in [2.75, 3.05) is 13.2 Å². The summed E-state index contributed by atoms with van der Waals surface area (Å²) in [5, 5.41) is 0.101. The molecular weight excluding hydrogens is 500 g/mol. The van der Waals surface area contributed by atoms with Crippen LogP contribution >= 0.6 is 0 Å². The van der Waals surface area contributed by atoms with E-state index in [1.165, 1.54) is 0 Å². The molecule has 1 unspecified atom stereocenters. The van der Waals surface area contributed by atoms with Crippen LogP contribution in [0.15, 0.2) is 91.0 Å². The zero-order valence-corrected chi connectivity index (χ0v) is 25.4. The number of carbonyl (C=O) groups excluding carboxylic acids is 1. The molecule has 3 aromatic rings. The van der Waals surface area contributed by atoms with E-state index in [0.717, 1.165) is 23.1 Å². The maximum absolute atomic E-state index is 13.2. The Morgan fingerprint density at radius 3 is 1.67 bits per heavy atom. The highest BCUT2D eigenvalue weighted by molar-refractivity contribution is 6.74. The summed E-state index contributed by atoms with van der Waals surface area (Å²) < 4.78 is 19.5. The van der Waals surface area contributed by atoms with Crippen LogP contribution in [0.25, 0.3) is 0 Å². The smallest absolute Gasteiger partial charge is 0.309 e. The quantitative estimate of drug-likeness (QED) is 0.147. The monoisotopic (exact) mass is 544 g/mol. The molecule has 1 saturated carbocycles. The highest BCUT2D eigenvalue weighted by Crippen LogP contribution is 2.45. The first-order chi connectivity index (χ1) is 18.6. The molecular formula is C34H44O4Si. The molecule has 1 fully saturated rings. The van der Waals surface area contributed by atoms with Gasteiger partial charge in [-0.25, -0.2) is 0 Å². The van der Waals surface area contributed by atoms with E-state index in [1.54, 1.807) is 0 Å². The van der Waals surface area contributed by atoms with E-state index >= 15 is 0 Å². The molecule has 5 heteroatoms. The van der Waals surface area contributed by atoms with Crippen LogP contribution in [0.5, 0.6) is 0 Å². The van der Waals surface area contributed by atoms with E-state index in [-0.39, 0.29) is 28.9 Å². The lowest BCUT2D eigenvalue weighted by molar-refractivity contribution is -0.150. The summed E-state index contributed by atoms with van der Waals surface area (Å²) in [4.78, 5) is 13.2. The largest absolute Gasteiger partial charge is 0.466 e. The SMILES string of the molecule is CCOC(=O)[C@@H]1CC(O[Si](C)(C)C(C)(C)C)C[C@H]1COC(c1ccccc1)(c1ccccc1)c1ccccc1. The highest BCUT2D eigenvalue weighted by Gasteiger charge is 2.47. The maximum Gasteiger partial charge on any atom is 0.309 e. The van der Waals surface area contributed by atoms with E-state index in [0.29, 0.717) is 19.6 Å². The Morgan fingerprint density at radius 2 is 1.26 bits per heavy atom. The van der Waals surface area contributed by atoms with Gasteiger partial charge in [0.2, 0.25) is 0 Å². The van der Waals surface area contributed by atoms with E-state index in [2.05, 4.69) is 107 Å². The predicted molar refractivity (Wildman–Crippen MR) is 160 cm³/mol. The molecule has 0 aliphatic heterocycles. The Bertz CT molecular complexity index is 1090. The van der Waals surface area contributed by atoms with Crippen molar-refractivity contribution in [1.82, 2.24) is 0 Å². The molecule has 0 N–H and O–H groups in total. The number of rotatable bonds is 10. The zero-order chi connectivity index (χ0) is 28.1. The molecule has 0 aromatic heterocycles. The van der Waals surface area contributed by atoms with Crippen molar-refractivity contribution in [1.29, 1.82) is 0 Å². The average Bonchev–Trinajstić information content (AvgIpc) is 3.32. The first-order valence-corrected chi connectivity index (χ1v) is 17.1. The standard InChI is InChI=1S/C34H44O4Si/c1-7-36-32(35)31-24-30(38-39(5,6)33(2,3)4)23-26(31)25-37-34(27-17-11-8-12-18-27,28-19-13-9-14-20-28)29-21-15-10-16-22-29/h8-22,26,30-31H,7,23-25H2,1-6H3/t26-,30?,31+/m0/s1. The van der Waals surface area contributed by atoms with Crippen LogP contribution < -0.4 is 0 Å². The third-order valence-electron chi connectivity index (χ3n) is 8.56. The van der Waals surface area contributed by atoms with Gasteiger partial charge in [0.25, 0.3) is 0 Å². The zero-order valence-electron chi connectivity index (χ0n) is 24.4. The molecule has 0 amide bonds. The molecule has 39 heavy (non-hydrogen) atoms. The van der Waals surface area contributed by atoms with Crippen LogP contribution in [0.4, 0.5) is 0 Å². The first-order valence-electron chi connectivity index (χ1n) is 14.2. The van der Waals surface area contributed by atoms with Crippen molar-refractivity contribution in [2.45, 2.75) is 70.4 Å². The average molecular weight is 545 g/mol. The van der Waals surface area contributed by atoms with E-state index in [9.17, 15) is 4.79 Å². The number of hydrogen-bond acceptors (Lipinski definition) is 4. The third kappa shape index (κ3) is 6.37. The number of hydrogen-bond donors (Lipinski definition) is 0. The Morgan fingerprint density at radius 1 is 0.795 bits per heavy atom. The summed E-state index contributed by atoms with van der Waals surface area (Å²) in [7, 11) is -1.99. The van der Waals surface area contributed by atoms with Crippen LogP contribution in [-0.4, -0.2) is 33.6 Å². The summed E-state index contributed by atoms with van der Waals surface area (Å²) in [6, 6.07) is 31.2. The molecule has 0 radical (unpaired) electrons. The lowest BCUT2D eigenvalue weighted by atomic mass is 9.80. The van der Waals surface area contributed by atoms with E-state index < -0.39 is 13.9 Å². The number of ether oxygens (including phenoxy) is 2. The fraction of sp³-hybridized carbons (Fsp3) is 0.441. The van der Waals surface area contributed by atoms with Gasteiger partial charge in [0, 0.05) is 6.10 Å². The minimum atomic E-state index is -1.99. The maximum atomic E-state index is 13.2. The lowest BCUT2D eigenvalue weighted by Crippen LogP contribution is -2.43. The molecule has 0 spiro atoms. The minimum Gasteiger partial charge on any atom is -0.466 e. The van der Waals surface area contributed by atoms with E-state index in [1.807, 2.05) is 25.1 Å². The van der Waals surface area contributed by atoms with Crippen LogP contribution in [-0.2, 0) is 24.3 Å². The molecule has 208 valence electrons. The van der Waals surface area contributed by atoms with Crippen LogP contribution in [0.2, 0.25) is 18.1 Å². The second-order valence-electron chi connectivity index (χ2n) is 12.2. The Kier molecular flexibility index (Phi) is 9.15. The Hall–Kier alpha value is -2.73. The highest BCUT2D eigenvalue weighted by atomic mass is 28.4. The van der Waals surface area contributed by atoms with Gasteiger partial charge in [-0.1, -0.05) is 112 Å². The van der Waals surface area contributed by atoms with Crippen molar-refractivity contribution in [3.05, 3.63) is 108 Å². The van der Waals surface area contributed by atoms with Gasteiger partial charge in [-0.05, 0) is 60.5 Å². The Balaban J connectivity index is 1.71. The summed E-state index contributed by atoms with van der Waals surface area (Å²) >= 11 is 0. The third-order valence-corrected chi connectivity index (χ3v) is 13.1. The fourth-order valence-electron chi connectivity index (χ4n) is 5.49.